The van der Waals surface area contributed by atoms with E-state index in [2.05, 4.69) is 246 Å². The van der Waals surface area contributed by atoms with Gasteiger partial charge in [0.15, 0.2) is 0 Å². The van der Waals surface area contributed by atoms with E-state index in [1.807, 2.05) is 0 Å². The Hall–Kier alpha value is -7.16. The molecule has 2 heteroatoms. The van der Waals surface area contributed by atoms with Crippen molar-refractivity contribution in [3.05, 3.63) is 216 Å². The van der Waals surface area contributed by atoms with Gasteiger partial charge in [-0.2, -0.15) is 0 Å². The molecule has 62 heavy (non-hydrogen) atoms. The Labute approximate surface area is 366 Å². The lowest BCUT2D eigenvalue weighted by molar-refractivity contribution is 0.591. The third kappa shape index (κ3) is 6.96. The topological polar surface area (TPSA) is 6.48 Å². The van der Waals surface area contributed by atoms with E-state index in [-0.39, 0.29) is 5.41 Å². The average Bonchev–Trinajstić information content (AvgIpc) is 3.27. The third-order valence-corrected chi connectivity index (χ3v) is 12.7. The lowest BCUT2D eigenvalue weighted by Gasteiger charge is -2.34. The minimum absolute atomic E-state index is 0.00725. The molecule has 0 saturated heterocycles. The van der Waals surface area contributed by atoms with E-state index < -0.39 is 0 Å². The fourth-order valence-corrected chi connectivity index (χ4v) is 9.35. The Bertz CT molecular complexity index is 3060. The van der Waals surface area contributed by atoms with Crippen LogP contribution in [0.25, 0.3) is 54.6 Å². The molecule has 0 saturated carbocycles. The number of nitrogens with zero attached hydrogens (tertiary/aromatic N) is 2. The van der Waals surface area contributed by atoms with Crippen molar-refractivity contribution in [2.75, 3.05) is 9.80 Å². The van der Waals surface area contributed by atoms with Crippen LogP contribution in [0.3, 0.4) is 0 Å². The molecule has 0 bridgehead atoms. The molecule has 0 aromatic heterocycles. The standard InChI is InChI=1S/C60H52N2/c1-39-16-14-22-50(32-39)61(54-36-45(26-24-41(54)3)43-18-10-8-11-19-43)56-38-57(53-31-29-48-35-49(60(5,6)7)34-47-28-30-52(56)59(53)58(47)48)62(51-23-15-17-40(2)33-51)55-37-46(27-25-42(55)4)44-20-12-9-13-21-44/h8-38H,1-7H3. The lowest BCUT2D eigenvalue weighted by Crippen LogP contribution is -2.16. The Morgan fingerprint density at radius 2 is 0.790 bits per heavy atom. The van der Waals surface area contributed by atoms with Crippen molar-refractivity contribution in [1.29, 1.82) is 0 Å². The van der Waals surface area contributed by atoms with Gasteiger partial charge in [-0.15, -0.1) is 0 Å². The van der Waals surface area contributed by atoms with Crippen LogP contribution in [0.2, 0.25) is 0 Å². The maximum absolute atomic E-state index is 2.52. The molecule has 302 valence electrons. The number of hydrogen-bond donors (Lipinski definition) is 0. The molecule has 0 aliphatic rings. The fraction of sp³-hybridized carbons (Fsp3) is 0.133. The van der Waals surface area contributed by atoms with E-state index >= 15 is 0 Å². The number of hydrogen-bond acceptors (Lipinski definition) is 2. The summed E-state index contributed by atoms with van der Waals surface area (Å²) in [4.78, 5) is 5.04. The van der Waals surface area contributed by atoms with E-state index in [1.54, 1.807) is 0 Å². The minimum Gasteiger partial charge on any atom is -0.309 e. The molecule has 0 aliphatic heterocycles. The van der Waals surface area contributed by atoms with Crippen molar-refractivity contribution in [1.82, 2.24) is 0 Å². The quantitative estimate of drug-likeness (QED) is 0.141. The van der Waals surface area contributed by atoms with E-state index in [0.29, 0.717) is 0 Å². The number of aryl methyl sites for hydroxylation is 4. The molecular formula is C60H52N2. The highest BCUT2D eigenvalue weighted by Crippen LogP contribution is 2.52. The second kappa shape index (κ2) is 15.4. The van der Waals surface area contributed by atoms with Crippen molar-refractivity contribution in [2.24, 2.45) is 0 Å². The van der Waals surface area contributed by atoms with E-state index in [0.717, 1.165) is 34.1 Å². The SMILES string of the molecule is Cc1cccc(N(c2cc(-c3ccccc3)ccc2C)c2cc(N(c3cccc(C)c3)c3cc(-c4ccccc4)ccc3C)c3ccc4cc(C(C)(C)C)cc5ccc2c3c54)c1. The zero-order valence-electron chi connectivity index (χ0n) is 36.8. The molecule has 0 heterocycles. The zero-order valence-corrected chi connectivity index (χ0v) is 36.8. The van der Waals surface area contributed by atoms with Crippen molar-refractivity contribution in [2.45, 2.75) is 53.9 Å². The largest absolute Gasteiger partial charge is 0.309 e. The van der Waals surface area contributed by atoms with Crippen LogP contribution in [0.1, 0.15) is 48.6 Å². The van der Waals surface area contributed by atoms with Gasteiger partial charge in [-0.3, -0.25) is 0 Å². The van der Waals surface area contributed by atoms with Gasteiger partial charge in [0.05, 0.1) is 11.4 Å². The monoisotopic (exact) mass is 800 g/mol. The molecule has 0 unspecified atom stereocenters. The Balaban J connectivity index is 1.36. The van der Waals surface area contributed by atoms with Gasteiger partial charge in [0.25, 0.3) is 0 Å². The first-order valence-electron chi connectivity index (χ1n) is 21.8. The van der Waals surface area contributed by atoms with Crippen LogP contribution in [0.15, 0.2) is 188 Å². The summed E-state index contributed by atoms with van der Waals surface area (Å²) in [6, 6.07) is 70.1. The molecule has 10 aromatic rings. The van der Waals surface area contributed by atoms with E-state index in [9.17, 15) is 0 Å². The first-order chi connectivity index (χ1) is 30.0. The average molecular weight is 801 g/mol. The van der Waals surface area contributed by atoms with E-state index in [1.165, 1.54) is 82.4 Å². The smallest absolute Gasteiger partial charge is 0.0561 e. The third-order valence-electron chi connectivity index (χ3n) is 12.7. The van der Waals surface area contributed by atoms with Gasteiger partial charge in [-0.05, 0) is 142 Å². The van der Waals surface area contributed by atoms with E-state index in [4.69, 9.17) is 0 Å². The summed E-state index contributed by atoms with van der Waals surface area (Å²) in [6.07, 6.45) is 0. The molecular weight excluding hydrogens is 749 g/mol. The minimum atomic E-state index is 0.00725. The summed E-state index contributed by atoms with van der Waals surface area (Å²) < 4.78 is 0. The van der Waals surface area contributed by atoms with Gasteiger partial charge in [0.1, 0.15) is 0 Å². The van der Waals surface area contributed by atoms with Gasteiger partial charge < -0.3 is 9.80 Å². The molecule has 10 aromatic carbocycles. The highest BCUT2D eigenvalue weighted by Gasteiger charge is 2.27. The predicted molar refractivity (Wildman–Crippen MR) is 268 cm³/mol. The highest BCUT2D eigenvalue weighted by molar-refractivity contribution is 6.29. The molecule has 2 nitrogen and oxygen atoms in total. The molecule has 0 amide bonds. The van der Waals surface area contributed by atoms with Crippen LogP contribution in [-0.2, 0) is 5.41 Å². The zero-order chi connectivity index (χ0) is 42.7. The van der Waals surface area contributed by atoms with Crippen LogP contribution < -0.4 is 9.80 Å². The molecule has 10 rings (SSSR count). The normalized spacial score (nSPS) is 11.8. The molecule has 0 spiro atoms. The summed E-state index contributed by atoms with van der Waals surface area (Å²) in [7, 11) is 0. The van der Waals surface area contributed by atoms with Crippen LogP contribution in [0.4, 0.5) is 34.1 Å². The molecule has 0 fully saturated rings. The summed E-state index contributed by atoms with van der Waals surface area (Å²) in [5, 5.41) is 7.54. The summed E-state index contributed by atoms with van der Waals surface area (Å²) >= 11 is 0. The van der Waals surface area contributed by atoms with Gasteiger partial charge in [0, 0.05) is 38.9 Å². The summed E-state index contributed by atoms with van der Waals surface area (Å²) in [5.74, 6) is 0. The Kier molecular flexibility index (Phi) is 9.68. The van der Waals surface area contributed by atoms with Crippen molar-refractivity contribution >= 4 is 66.4 Å². The molecule has 0 N–H and O–H groups in total. The molecule has 0 radical (unpaired) electrons. The van der Waals surface area contributed by atoms with Crippen LogP contribution in [0, 0.1) is 27.7 Å². The number of rotatable bonds is 8. The highest BCUT2D eigenvalue weighted by atomic mass is 15.2. The van der Waals surface area contributed by atoms with Gasteiger partial charge in [-0.25, -0.2) is 0 Å². The number of anilines is 6. The fourth-order valence-electron chi connectivity index (χ4n) is 9.35. The molecule has 0 atom stereocenters. The maximum Gasteiger partial charge on any atom is 0.0561 e. The van der Waals surface area contributed by atoms with Gasteiger partial charge in [-0.1, -0.05) is 166 Å². The van der Waals surface area contributed by atoms with Gasteiger partial charge >= 0.3 is 0 Å². The summed E-state index contributed by atoms with van der Waals surface area (Å²) in [6.45, 7) is 15.8. The second-order valence-electron chi connectivity index (χ2n) is 18.1. The van der Waals surface area contributed by atoms with Crippen molar-refractivity contribution in [3.63, 3.8) is 0 Å². The predicted octanol–water partition coefficient (Wildman–Crippen LogP) is 17.4. The maximum atomic E-state index is 2.52. The molecule has 0 aliphatic carbocycles. The van der Waals surface area contributed by atoms with Crippen LogP contribution in [0.5, 0.6) is 0 Å². The first-order valence-corrected chi connectivity index (χ1v) is 21.8. The van der Waals surface area contributed by atoms with Crippen LogP contribution in [-0.4, -0.2) is 0 Å². The Morgan fingerprint density at radius 1 is 0.339 bits per heavy atom. The summed E-state index contributed by atoms with van der Waals surface area (Å²) in [5.41, 5.74) is 17.8. The Morgan fingerprint density at radius 3 is 1.21 bits per heavy atom. The van der Waals surface area contributed by atoms with Crippen LogP contribution >= 0.6 is 0 Å². The lowest BCUT2D eigenvalue weighted by atomic mass is 9.83. The van der Waals surface area contributed by atoms with Crippen molar-refractivity contribution in [3.8, 4) is 22.3 Å². The van der Waals surface area contributed by atoms with Crippen molar-refractivity contribution < 1.29 is 0 Å². The second-order valence-corrected chi connectivity index (χ2v) is 18.1. The van der Waals surface area contributed by atoms with Gasteiger partial charge in [0.2, 0.25) is 0 Å². The number of benzene rings is 10. The first kappa shape index (κ1) is 39.0.